The highest BCUT2D eigenvalue weighted by Gasteiger charge is 2.65. The molecule has 0 bridgehead atoms. The molecule has 0 radical (unpaired) electrons. The van der Waals surface area contributed by atoms with Gasteiger partial charge in [0.25, 0.3) is 0 Å². The van der Waals surface area contributed by atoms with E-state index in [0.29, 0.717) is 37.7 Å². The fourth-order valence-corrected chi connectivity index (χ4v) is 8.80. The summed E-state index contributed by atoms with van der Waals surface area (Å²) in [5.74, 6) is -0.690. The molecular formula is C19H22F6O3S2. The lowest BCUT2D eigenvalue weighted by molar-refractivity contribution is -0.0547. The molecule has 0 saturated heterocycles. The van der Waals surface area contributed by atoms with Crippen molar-refractivity contribution in [3.05, 3.63) is 34.2 Å². The number of hydrogen-bond donors (Lipinski definition) is 0. The number of alkyl halides is 6. The number of fused-ring (bicyclic) bond motifs is 1. The minimum Gasteiger partial charge on any atom is -0.196 e. The highest BCUT2D eigenvalue weighted by atomic mass is 32.3. The Balaban J connectivity index is 2.26. The highest BCUT2D eigenvalue weighted by Crippen LogP contribution is 2.79. The van der Waals surface area contributed by atoms with Gasteiger partial charge < -0.3 is 0 Å². The number of benzene rings is 1. The van der Waals surface area contributed by atoms with E-state index in [0.717, 1.165) is 18.9 Å². The van der Waals surface area contributed by atoms with Gasteiger partial charge in [0.15, 0.2) is 0 Å². The Morgan fingerprint density at radius 1 is 1.03 bits per heavy atom. The zero-order valence-corrected chi connectivity index (χ0v) is 17.8. The average Bonchev–Trinajstić information content (AvgIpc) is 2.79. The zero-order chi connectivity index (χ0) is 22.4. The molecule has 0 aromatic heterocycles. The highest BCUT2D eigenvalue weighted by molar-refractivity contribution is 8.37. The number of rotatable bonds is 4. The lowest BCUT2D eigenvalue weighted by Gasteiger charge is -2.41. The summed E-state index contributed by atoms with van der Waals surface area (Å²) < 4.78 is 111. The predicted octanol–water partition coefficient (Wildman–Crippen LogP) is 7.04. The summed E-state index contributed by atoms with van der Waals surface area (Å²) in [6, 6.07) is 3.92. The number of aryl methyl sites for hydroxylation is 1. The van der Waals surface area contributed by atoms with E-state index >= 15 is 0 Å². The van der Waals surface area contributed by atoms with Crippen LogP contribution in [0.3, 0.4) is 0 Å². The van der Waals surface area contributed by atoms with E-state index in [2.05, 4.69) is 3.63 Å². The van der Waals surface area contributed by atoms with E-state index in [1.54, 1.807) is 6.92 Å². The first-order valence-corrected chi connectivity index (χ1v) is 12.6. The van der Waals surface area contributed by atoms with Crippen LogP contribution in [0.2, 0.25) is 0 Å². The smallest absolute Gasteiger partial charge is 0.196 e. The molecule has 1 aromatic carbocycles. The molecular weight excluding hydrogens is 454 g/mol. The van der Waals surface area contributed by atoms with Crippen molar-refractivity contribution in [3.63, 3.8) is 0 Å². The second-order valence-corrected chi connectivity index (χ2v) is 11.8. The summed E-state index contributed by atoms with van der Waals surface area (Å²) >= 11 is 0. The lowest BCUT2D eigenvalue weighted by atomic mass is 9.98. The zero-order valence-electron chi connectivity index (χ0n) is 16.1. The van der Waals surface area contributed by atoms with E-state index in [-0.39, 0.29) is 10.5 Å². The van der Waals surface area contributed by atoms with Gasteiger partial charge in [0.1, 0.15) is 0 Å². The van der Waals surface area contributed by atoms with Crippen LogP contribution in [0.4, 0.5) is 26.3 Å². The van der Waals surface area contributed by atoms with Crippen molar-refractivity contribution in [2.24, 2.45) is 5.92 Å². The Kier molecular flexibility index (Phi) is 6.30. The van der Waals surface area contributed by atoms with Crippen LogP contribution in [0.5, 0.6) is 0 Å². The van der Waals surface area contributed by atoms with Crippen LogP contribution in [0, 0.1) is 5.92 Å². The van der Waals surface area contributed by atoms with Gasteiger partial charge in [-0.25, -0.2) is 0 Å². The number of allylic oxidation sites excluding steroid dienone is 1. The second-order valence-electron chi connectivity index (χ2n) is 7.43. The Hall–Kier alpha value is -1.20. The SMILES string of the molecule is CCc1ccc2c(c1)C=C(C1CCCCCC1)S2(OS(=O)(=O)C(F)(F)F)C(F)(F)F. The van der Waals surface area contributed by atoms with Gasteiger partial charge in [-0.3, -0.25) is 0 Å². The van der Waals surface area contributed by atoms with Crippen LogP contribution in [-0.4, -0.2) is 19.4 Å². The van der Waals surface area contributed by atoms with Crippen LogP contribution in [-0.2, 0) is 20.2 Å². The quantitative estimate of drug-likeness (QED) is 0.266. The number of hydrogen-bond acceptors (Lipinski definition) is 3. The van der Waals surface area contributed by atoms with Crippen molar-refractivity contribution in [1.29, 1.82) is 0 Å². The summed E-state index contributed by atoms with van der Waals surface area (Å²) in [7, 11) is -11.4. The predicted molar refractivity (Wildman–Crippen MR) is 103 cm³/mol. The van der Waals surface area contributed by atoms with Crippen LogP contribution in [0.15, 0.2) is 28.0 Å². The van der Waals surface area contributed by atoms with Crippen LogP contribution in [0.1, 0.15) is 56.6 Å². The monoisotopic (exact) mass is 476 g/mol. The van der Waals surface area contributed by atoms with Gasteiger partial charge in [0, 0.05) is 20.1 Å². The first-order chi connectivity index (χ1) is 13.8. The van der Waals surface area contributed by atoms with Crippen molar-refractivity contribution in [1.82, 2.24) is 0 Å². The van der Waals surface area contributed by atoms with Gasteiger partial charge in [-0.05, 0) is 48.4 Å². The molecule has 1 saturated carbocycles. The molecule has 1 aliphatic carbocycles. The van der Waals surface area contributed by atoms with Gasteiger partial charge in [-0.1, -0.05) is 44.7 Å². The lowest BCUT2D eigenvalue weighted by Crippen LogP contribution is -2.33. The molecule has 0 amide bonds. The summed E-state index contributed by atoms with van der Waals surface area (Å²) in [5.41, 5.74) is -10.5. The summed E-state index contributed by atoms with van der Waals surface area (Å²) in [5, 5.41) is 0. The number of halogens is 6. The Bertz CT molecular complexity index is 929. The maximum absolute atomic E-state index is 14.5. The molecule has 1 aromatic rings. The first kappa shape index (κ1) is 23.5. The largest absolute Gasteiger partial charge is 0.523 e. The van der Waals surface area contributed by atoms with Gasteiger partial charge in [0.2, 0.25) is 0 Å². The first-order valence-electron chi connectivity index (χ1n) is 9.60. The van der Waals surface area contributed by atoms with Crippen LogP contribution >= 0.6 is 10.3 Å². The Morgan fingerprint density at radius 2 is 1.63 bits per heavy atom. The standard InChI is InChI=1S/C19H22F6O3S2/c1-2-13-9-10-16-15(11-13)12-17(14-7-5-3-4-6-8-14)29(16,18(20,21)22)28-30(26,27)19(23,24)25/h9-12,14H,2-8H2,1H3. The molecule has 1 heterocycles. The summed E-state index contributed by atoms with van der Waals surface area (Å²) in [6.07, 6.45) is 5.30. The van der Waals surface area contributed by atoms with E-state index in [1.807, 2.05) is 0 Å². The van der Waals surface area contributed by atoms with E-state index in [1.165, 1.54) is 18.2 Å². The van der Waals surface area contributed by atoms with E-state index in [9.17, 15) is 34.8 Å². The summed E-state index contributed by atoms with van der Waals surface area (Å²) in [4.78, 5) is -0.896. The Labute approximate surface area is 173 Å². The minimum absolute atomic E-state index is 0.0818. The molecule has 30 heavy (non-hydrogen) atoms. The van der Waals surface area contributed by atoms with E-state index < -0.39 is 42.3 Å². The fraction of sp³-hybridized carbons (Fsp3) is 0.579. The molecule has 0 spiro atoms. The molecule has 170 valence electrons. The normalized spacial score (nSPS) is 25.9. The summed E-state index contributed by atoms with van der Waals surface area (Å²) in [6.45, 7) is 1.79. The molecule has 2 aliphatic rings. The molecule has 0 N–H and O–H groups in total. The fourth-order valence-electron chi connectivity index (χ4n) is 4.02. The maximum atomic E-state index is 14.5. The van der Waals surface area contributed by atoms with Crippen molar-refractivity contribution < 1.29 is 38.4 Å². The second kappa shape index (κ2) is 8.05. The molecule has 3 nitrogen and oxygen atoms in total. The molecule has 1 unspecified atom stereocenters. The van der Waals surface area contributed by atoms with Crippen molar-refractivity contribution in [2.45, 2.75) is 67.8 Å². The van der Waals surface area contributed by atoms with Gasteiger partial charge in [-0.15, -0.1) is 0 Å². The molecule has 1 atom stereocenters. The topological polar surface area (TPSA) is 43.4 Å². The Morgan fingerprint density at radius 3 is 2.13 bits per heavy atom. The van der Waals surface area contributed by atoms with Gasteiger partial charge in [-0.2, -0.15) is 38.4 Å². The van der Waals surface area contributed by atoms with E-state index in [4.69, 9.17) is 0 Å². The average molecular weight is 477 g/mol. The van der Waals surface area contributed by atoms with Gasteiger partial charge in [0.05, 0.1) is 0 Å². The van der Waals surface area contributed by atoms with Crippen molar-refractivity contribution in [2.75, 3.05) is 0 Å². The van der Waals surface area contributed by atoms with Crippen LogP contribution in [0.25, 0.3) is 6.08 Å². The molecule has 11 heteroatoms. The van der Waals surface area contributed by atoms with Crippen molar-refractivity contribution >= 4 is 26.5 Å². The third-order valence-electron chi connectivity index (χ3n) is 5.48. The molecule has 3 rings (SSSR count). The third-order valence-corrected chi connectivity index (χ3v) is 10.3. The van der Waals surface area contributed by atoms with Crippen molar-refractivity contribution in [3.8, 4) is 0 Å². The maximum Gasteiger partial charge on any atom is 0.523 e. The minimum atomic E-state index is -6.49. The molecule has 1 fully saturated rings. The van der Waals surface area contributed by atoms with Gasteiger partial charge >= 0.3 is 21.1 Å². The third kappa shape index (κ3) is 4.00. The van der Waals surface area contributed by atoms with Crippen LogP contribution < -0.4 is 0 Å². The molecule has 1 aliphatic heterocycles.